The number of carbonyl (C=O) groups excluding carboxylic acids is 1. The number of amides is 1. The van der Waals surface area contributed by atoms with Crippen molar-refractivity contribution in [3.05, 3.63) is 29.6 Å². The number of nitrogens with zero attached hydrogens (tertiary/aromatic N) is 6. The molecule has 0 saturated carbocycles. The van der Waals surface area contributed by atoms with E-state index in [0.29, 0.717) is 12.1 Å². The molecule has 2 aromatic heterocycles. The molecule has 3 heterocycles. The highest BCUT2D eigenvalue weighted by atomic mass is 16.2. The molecule has 3 rings (SSSR count). The van der Waals surface area contributed by atoms with Crippen LogP contribution in [0.2, 0.25) is 0 Å². The molecule has 1 amide bonds. The Kier molecular flexibility index (Phi) is 4.19. The SMILES string of the molecule is Cc1nc(C)n([C@@H]2CCCN(C(=O)c3cnn(C(C)(C)C)c3)C2)n1. The fourth-order valence-corrected chi connectivity index (χ4v) is 3.20. The Hall–Kier alpha value is -2.18. The summed E-state index contributed by atoms with van der Waals surface area (Å²) in [6.07, 6.45) is 5.51. The molecule has 1 saturated heterocycles. The van der Waals surface area contributed by atoms with Gasteiger partial charge in [-0.15, -0.1) is 0 Å². The first-order valence-corrected chi connectivity index (χ1v) is 8.50. The zero-order valence-corrected chi connectivity index (χ0v) is 15.2. The van der Waals surface area contributed by atoms with Crippen molar-refractivity contribution in [3.8, 4) is 0 Å². The molecule has 1 fully saturated rings. The maximum atomic E-state index is 12.8. The van der Waals surface area contributed by atoms with Gasteiger partial charge in [0.2, 0.25) is 0 Å². The molecule has 0 radical (unpaired) electrons. The molecule has 130 valence electrons. The van der Waals surface area contributed by atoms with Gasteiger partial charge in [0.25, 0.3) is 5.91 Å². The summed E-state index contributed by atoms with van der Waals surface area (Å²) >= 11 is 0. The monoisotopic (exact) mass is 330 g/mol. The maximum Gasteiger partial charge on any atom is 0.257 e. The Labute approximate surface area is 142 Å². The third-order valence-electron chi connectivity index (χ3n) is 4.45. The number of aryl methyl sites for hydroxylation is 2. The molecule has 7 heteroatoms. The van der Waals surface area contributed by atoms with Gasteiger partial charge in [-0.25, -0.2) is 9.67 Å². The van der Waals surface area contributed by atoms with E-state index in [1.165, 1.54) is 0 Å². The Bertz CT molecular complexity index is 739. The summed E-state index contributed by atoms with van der Waals surface area (Å²) in [5, 5.41) is 8.83. The number of piperidine rings is 1. The van der Waals surface area contributed by atoms with Gasteiger partial charge in [0.15, 0.2) is 0 Å². The summed E-state index contributed by atoms with van der Waals surface area (Å²) in [7, 11) is 0. The Balaban J connectivity index is 1.76. The highest BCUT2D eigenvalue weighted by Crippen LogP contribution is 2.24. The quantitative estimate of drug-likeness (QED) is 0.847. The normalized spacial score (nSPS) is 18.9. The average molecular weight is 330 g/mol. The molecule has 7 nitrogen and oxygen atoms in total. The van der Waals surface area contributed by atoms with E-state index in [1.807, 2.05) is 34.3 Å². The lowest BCUT2D eigenvalue weighted by Gasteiger charge is -2.33. The van der Waals surface area contributed by atoms with Gasteiger partial charge in [-0.05, 0) is 47.5 Å². The van der Waals surface area contributed by atoms with Crippen molar-refractivity contribution in [2.75, 3.05) is 13.1 Å². The second-order valence-corrected chi connectivity index (χ2v) is 7.54. The number of hydrogen-bond acceptors (Lipinski definition) is 4. The number of likely N-dealkylation sites (tertiary alicyclic amines) is 1. The van der Waals surface area contributed by atoms with E-state index >= 15 is 0 Å². The second kappa shape index (κ2) is 6.03. The molecule has 0 aliphatic carbocycles. The summed E-state index contributed by atoms with van der Waals surface area (Å²) in [6.45, 7) is 11.5. The van der Waals surface area contributed by atoms with Crippen LogP contribution in [0.1, 0.15) is 61.7 Å². The van der Waals surface area contributed by atoms with Gasteiger partial charge in [-0.3, -0.25) is 9.48 Å². The van der Waals surface area contributed by atoms with Gasteiger partial charge in [0, 0.05) is 19.3 Å². The molecule has 0 N–H and O–H groups in total. The van der Waals surface area contributed by atoms with E-state index in [-0.39, 0.29) is 17.5 Å². The number of carbonyl (C=O) groups is 1. The molecule has 1 atom stereocenters. The lowest BCUT2D eigenvalue weighted by molar-refractivity contribution is 0.0671. The van der Waals surface area contributed by atoms with Crippen LogP contribution in [0.4, 0.5) is 0 Å². The van der Waals surface area contributed by atoms with Gasteiger partial charge in [-0.2, -0.15) is 10.2 Å². The first kappa shape index (κ1) is 16.7. The zero-order chi connectivity index (χ0) is 17.5. The largest absolute Gasteiger partial charge is 0.336 e. The Morgan fingerprint density at radius 2 is 2.04 bits per heavy atom. The van der Waals surface area contributed by atoms with E-state index in [1.54, 1.807) is 6.20 Å². The van der Waals surface area contributed by atoms with Crippen molar-refractivity contribution in [1.29, 1.82) is 0 Å². The summed E-state index contributed by atoms with van der Waals surface area (Å²) < 4.78 is 3.81. The predicted molar refractivity (Wildman–Crippen MR) is 90.9 cm³/mol. The standard InChI is InChI=1S/C17H26N6O/c1-12-19-13(2)23(20-12)15-7-6-8-21(11-15)16(24)14-9-18-22(10-14)17(3,4)5/h9-10,15H,6-8,11H2,1-5H3/t15-/m1/s1. The second-order valence-electron chi connectivity index (χ2n) is 7.54. The van der Waals surface area contributed by atoms with Crippen molar-refractivity contribution < 1.29 is 4.79 Å². The Morgan fingerprint density at radius 1 is 1.29 bits per heavy atom. The van der Waals surface area contributed by atoms with E-state index in [0.717, 1.165) is 31.0 Å². The summed E-state index contributed by atoms with van der Waals surface area (Å²) in [6, 6.07) is 0.196. The molecular formula is C17H26N6O. The van der Waals surface area contributed by atoms with Crippen LogP contribution in [0.3, 0.4) is 0 Å². The van der Waals surface area contributed by atoms with Crippen molar-refractivity contribution >= 4 is 5.91 Å². The molecule has 0 unspecified atom stereocenters. The highest BCUT2D eigenvalue weighted by Gasteiger charge is 2.28. The summed E-state index contributed by atoms with van der Waals surface area (Å²) in [5.41, 5.74) is 0.523. The fourth-order valence-electron chi connectivity index (χ4n) is 3.20. The van der Waals surface area contributed by atoms with Gasteiger partial charge in [0.05, 0.1) is 23.3 Å². The molecule has 0 bridgehead atoms. The van der Waals surface area contributed by atoms with E-state index in [9.17, 15) is 4.79 Å². The fraction of sp³-hybridized carbons (Fsp3) is 0.647. The van der Waals surface area contributed by atoms with Crippen molar-refractivity contribution in [2.24, 2.45) is 0 Å². The minimum atomic E-state index is -0.127. The van der Waals surface area contributed by atoms with Crippen LogP contribution in [0.5, 0.6) is 0 Å². The molecule has 2 aromatic rings. The number of aromatic nitrogens is 5. The first-order valence-electron chi connectivity index (χ1n) is 8.50. The Morgan fingerprint density at radius 3 is 2.62 bits per heavy atom. The molecular weight excluding hydrogens is 304 g/mol. The van der Waals surface area contributed by atoms with Crippen LogP contribution in [-0.4, -0.2) is 48.4 Å². The van der Waals surface area contributed by atoms with Crippen LogP contribution in [0, 0.1) is 13.8 Å². The third kappa shape index (κ3) is 3.20. The van der Waals surface area contributed by atoms with Gasteiger partial charge in [-0.1, -0.05) is 0 Å². The lowest BCUT2D eigenvalue weighted by atomic mass is 10.0. The maximum absolute atomic E-state index is 12.8. The topological polar surface area (TPSA) is 68.8 Å². The van der Waals surface area contributed by atoms with Gasteiger partial charge < -0.3 is 4.90 Å². The molecule has 1 aliphatic rings. The van der Waals surface area contributed by atoms with Crippen molar-refractivity contribution in [1.82, 2.24) is 29.4 Å². The number of hydrogen-bond donors (Lipinski definition) is 0. The van der Waals surface area contributed by atoms with E-state index in [4.69, 9.17) is 0 Å². The number of rotatable bonds is 2. The highest BCUT2D eigenvalue weighted by molar-refractivity contribution is 5.93. The predicted octanol–water partition coefficient (Wildman–Crippen LogP) is 2.32. The third-order valence-corrected chi connectivity index (χ3v) is 4.45. The molecule has 0 spiro atoms. The van der Waals surface area contributed by atoms with E-state index in [2.05, 4.69) is 36.0 Å². The van der Waals surface area contributed by atoms with Crippen molar-refractivity contribution in [3.63, 3.8) is 0 Å². The van der Waals surface area contributed by atoms with Crippen LogP contribution >= 0.6 is 0 Å². The minimum absolute atomic E-state index is 0.0460. The van der Waals surface area contributed by atoms with Crippen LogP contribution < -0.4 is 0 Å². The summed E-state index contributed by atoms with van der Waals surface area (Å²) in [4.78, 5) is 19.1. The van der Waals surface area contributed by atoms with E-state index < -0.39 is 0 Å². The molecule has 24 heavy (non-hydrogen) atoms. The van der Waals surface area contributed by atoms with Crippen LogP contribution in [0.15, 0.2) is 12.4 Å². The van der Waals surface area contributed by atoms with Gasteiger partial charge >= 0.3 is 0 Å². The van der Waals surface area contributed by atoms with Crippen LogP contribution in [-0.2, 0) is 5.54 Å². The minimum Gasteiger partial charge on any atom is -0.336 e. The molecule has 0 aromatic carbocycles. The molecule has 1 aliphatic heterocycles. The van der Waals surface area contributed by atoms with Crippen LogP contribution in [0.25, 0.3) is 0 Å². The average Bonchev–Trinajstić information content (AvgIpc) is 3.13. The lowest BCUT2D eigenvalue weighted by Crippen LogP contribution is -2.41. The van der Waals surface area contributed by atoms with Crippen molar-refractivity contribution in [2.45, 2.75) is 59.0 Å². The smallest absolute Gasteiger partial charge is 0.257 e. The summed E-state index contributed by atoms with van der Waals surface area (Å²) in [5.74, 6) is 1.74. The zero-order valence-electron chi connectivity index (χ0n) is 15.2. The first-order chi connectivity index (χ1) is 11.3. The van der Waals surface area contributed by atoms with Gasteiger partial charge in [0.1, 0.15) is 11.6 Å².